The first-order valence-electron chi connectivity index (χ1n) is 15.4. The standard InChI is InChI=1S/C35H38BrN3O5S/c1-4-44-25-15-13-23(14-16-25)37-32(41)27-28-34(43)39(24(19-40)17-22-11-6-5-7-12-22)31(35(28)18-26(36)30(27)45-35)33(42)38-29-20(2)9-8-10-21(29)3/h5-16,24,26-28,30-31,40H,4,17-19H2,1-3H3,(H,37,41)(H,38,42)/t24-,26?,27-,28+,30-,31?,35?/m1/s1. The van der Waals surface area contributed by atoms with E-state index in [4.69, 9.17) is 4.74 Å². The van der Waals surface area contributed by atoms with Gasteiger partial charge in [-0.25, -0.2) is 0 Å². The molecule has 45 heavy (non-hydrogen) atoms. The number of aliphatic hydroxyl groups excluding tert-OH is 1. The average Bonchev–Trinajstić information content (AvgIpc) is 3.62. The molecule has 3 heterocycles. The fraction of sp³-hybridized carbons (Fsp3) is 0.400. The number of aryl methyl sites for hydroxylation is 2. The van der Waals surface area contributed by atoms with Crippen LogP contribution in [0.25, 0.3) is 0 Å². The van der Waals surface area contributed by atoms with Crippen molar-refractivity contribution in [3.05, 3.63) is 89.5 Å². The van der Waals surface area contributed by atoms with Crippen molar-refractivity contribution in [3.8, 4) is 5.75 Å². The van der Waals surface area contributed by atoms with Crippen molar-refractivity contribution in [2.24, 2.45) is 11.8 Å². The largest absolute Gasteiger partial charge is 0.494 e. The van der Waals surface area contributed by atoms with Gasteiger partial charge < -0.3 is 25.4 Å². The van der Waals surface area contributed by atoms with Crippen molar-refractivity contribution < 1.29 is 24.2 Å². The number of hydrogen-bond donors (Lipinski definition) is 3. The van der Waals surface area contributed by atoms with Crippen LogP contribution in [-0.2, 0) is 20.8 Å². The van der Waals surface area contributed by atoms with Crippen LogP contribution in [-0.4, -0.2) is 67.8 Å². The Morgan fingerprint density at radius 1 is 1.02 bits per heavy atom. The summed E-state index contributed by atoms with van der Waals surface area (Å²) in [6.45, 7) is 6.02. The number of carbonyl (C=O) groups excluding carboxylic acids is 3. The lowest BCUT2D eigenvalue weighted by molar-refractivity contribution is -0.141. The second-order valence-corrected chi connectivity index (χ2v) is 14.9. The molecule has 3 N–H and O–H groups in total. The highest BCUT2D eigenvalue weighted by atomic mass is 79.9. The predicted molar refractivity (Wildman–Crippen MR) is 181 cm³/mol. The van der Waals surface area contributed by atoms with E-state index < -0.39 is 28.7 Å². The third kappa shape index (κ3) is 5.66. The molecule has 0 saturated carbocycles. The first-order chi connectivity index (χ1) is 21.7. The summed E-state index contributed by atoms with van der Waals surface area (Å²) < 4.78 is 4.69. The normalized spacial score (nSPS) is 27.3. The van der Waals surface area contributed by atoms with E-state index in [1.165, 1.54) is 0 Å². The molecule has 3 aliphatic rings. The molecule has 10 heteroatoms. The van der Waals surface area contributed by atoms with Gasteiger partial charge in [0.15, 0.2) is 0 Å². The summed E-state index contributed by atoms with van der Waals surface area (Å²) >= 11 is 5.41. The van der Waals surface area contributed by atoms with Crippen molar-refractivity contribution >= 4 is 56.8 Å². The second kappa shape index (κ2) is 12.8. The van der Waals surface area contributed by atoms with Gasteiger partial charge >= 0.3 is 0 Å². The van der Waals surface area contributed by atoms with Crippen LogP contribution >= 0.6 is 27.7 Å². The van der Waals surface area contributed by atoms with E-state index >= 15 is 0 Å². The van der Waals surface area contributed by atoms with Gasteiger partial charge in [-0.15, -0.1) is 11.8 Å². The van der Waals surface area contributed by atoms with Gasteiger partial charge in [0, 0.05) is 21.5 Å². The maximum absolute atomic E-state index is 14.7. The fourth-order valence-corrected chi connectivity index (χ4v) is 11.0. The number of para-hydroxylation sites is 1. The number of halogens is 1. The van der Waals surface area contributed by atoms with E-state index in [-0.39, 0.29) is 34.4 Å². The SMILES string of the molecule is CCOc1ccc(NC(=O)[C@H]2[C@@H]3SC4(CC3Br)C(C(=O)Nc3c(C)cccc3C)N([C@@H](CO)Cc3ccccc3)C(=O)[C@H]24)cc1. The molecule has 3 unspecified atom stereocenters. The molecule has 3 saturated heterocycles. The lowest BCUT2D eigenvalue weighted by Gasteiger charge is -2.37. The zero-order valence-electron chi connectivity index (χ0n) is 25.5. The summed E-state index contributed by atoms with van der Waals surface area (Å²) in [7, 11) is 0. The molecule has 8 nitrogen and oxygen atoms in total. The fourth-order valence-electron chi connectivity index (χ4n) is 7.43. The van der Waals surface area contributed by atoms with E-state index in [0.717, 1.165) is 22.4 Å². The Kier molecular flexibility index (Phi) is 9.00. The smallest absolute Gasteiger partial charge is 0.248 e. The Morgan fingerprint density at radius 2 is 1.71 bits per heavy atom. The molecular weight excluding hydrogens is 654 g/mol. The van der Waals surface area contributed by atoms with Crippen LogP contribution in [0.1, 0.15) is 30.0 Å². The third-order valence-corrected chi connectivity index (χ3v) is 12.6. The van der Waals surface area contributed by atoms with Crippen molar-refractivity contribution in [3.63, 3.8) is 0 Å². The summed E-state index contributed by atoms with van der Waals surface area (Å²) in [5.41, 5.74) is 4.13. The van der Waals surface area contributed by atoms with Crippen molar-refractivity contribution in [1.29, 1.82) is 0 Å². The molecule has 3 aromatic carbocycles. The lowest BCUT2D eigenvalue weighted by Crippen LogP contribution is -2.55. The first kappa shape index (κ1) is 31.6. The molecule has 3 amide bonds. The van der Waals surface area contributed by atoms with Gasteiger partial charge in [-0.1, -0.05) is 64.5 Å². The zero-order valence-corrected chi connectivity index (χ0v) is 27.9. The Balaban J connectivity index is 1.37. The number of ether oxygens (including phenoxy) is 1. The van der Waals surface area contributed by atoms with Crippen LogP contribution < -0.4 is 15.4 Å². The first-order valence-corrected chi connectivity index (χ1v) is 17.2. The molecule has 6 rings (SSSR count). The molecule has 2 bridgehead atoms. The number of carbonyl (C=O) groups is 3. The summed E-state index contributed by atoms with van der Waals surface area (Å²) in [6.07, 6.45) is 0.935. The number of nitrogens with zero attached hydrogens (tertiary/aromatic N) is 1. The molecule has 1 spiro atoms. The Hall–Kier alpha value is -3.34. The van der Waals surface area contributed by atoms with Crippen LogP contribution in [0.4, 0.5) is 11.4 Å². The zero-order chi connectivity index (χ0) is 31.9. The van der Waals surface area contributed by atoms with E-state index in [2.05, 4.69) is 26.6 Å². The number of rotatable bonds is 10. The van der Waals surface area contributed by atoms with Crippen LogP contribution in [0.15, 0.2) is 72.8 Å². The van der Waals surface area contributed by atoms with Gasteiger partial charge in [-0.2, -0.15) is 0 Å². The Bertz CT molecular complexity index is 1570. The van der Waals surface area contributed by atoms with E-state index in [9.17, 15) is 19.5 Å². The number of hydrogen-bond acceptors (Lipinski definition) is 6. The summed E-state index contributed by atoms with van der Waals surface area (Å²) in [5.74, 6) is -1.48. The van der Waals surface area contributed by atoms with Gasteiger partial charge in [0.25, 0.3) is 0 Å². The Morgan fingerprint density at radius 3 is 2.36 bits per heavy atom. The highest BCUT2D eigenvalue weighted by Crippen LogP contribution is 2.68. The number of benzene rings is 3. The molecule has 7 atom stereocenters. The van der Waals surface area contributed by atoms with E-state index in [1.807, 2.05) is 69.3 Å². The number of alkyl halides is 1. The molecular formula is C35H38BrN3O5S. The average molecular weight is 693 g/mol. The lowest BCUT2D eigenvalue weighted by atomic mass is 9.70. The molecule has 0 aromatic heterocycles. The van der Waals surface area contributed by atoms with Crippen LogP contribution in [0.2, 0.25) is 0 Å². The molecule has 236 valence electrons. The highest BCUT2D eigenvalue weighted by Gasteiger charge is 2.76. The van der Waals surface area contributed by atoms with Crippen LogP contribution in [0.5, 0.6) is 5.75 Å². The minimum atomic E-state index is -0.881. The van der Waals surface area contributed by atoms with Gasteiger partial charge in [-0.3, -0.25) is 14.4 Å². The number of aliphatic hydroxyl groups is 1. The topological polar surface area (TPSA) is 108 Å². The summed E-state index contributed by atoms with van der Waals surface area (Å²) in [4.78, 5) is 44.7. The second-order valence-electron chi connectivity index (χ2n) is 12.1. The molecule has 0 aliphatic carbocycles. The number of likely N-dealkylation sites (tertiary alicyclic amines) is 1. The Labute approximate surface area is 276 Å². The third-order valence-electron chi connectivity index (χ3n) is 9.36. The maximum atomic E-state index is 14.7. The van der Waals surface area contributed by atoms with Crippen LogP contribution in [0, 0.1) is 25.7 Å². The molecule has 3 aliphatic heterocycles. The van der Waals surface area contributed by atoms with Crippen molar-refractivity contribution in [1.82, 2.24) is 4.90 Å². The number of nitrogens with one attached hydrogen (secondary N) is 2. The van der Waals surface area contributed by atoms with E-state index in [0.29, 0.717) is 30.9 Å². The summed E-state index contributed by atoms with van der Waals surface area (Å²) in [6, 6.07) is 21.1. The van der Waals surface area contributed by atoms with Crippen molar-refractivity contribution in [2.45, 2.75) is 60.5 Å². The summed E-state index contributed by atoms with van der Waals surface area (Å²) in [5, 5.41) is 16.7. The minimum absolute atomic E-state index is 0.0697. The number of amides is 3. The van der Waals surface area contributed by atoms with E-state index in [1.54, 1.807) is 40.9 Å². The molecule has 3 fully saturated rings. The predicted octanol–water partition coefficient (Wildman–Crippen LogP) is 5.35. The van der Waals surface area contributed by atoms with Gasteiger partial charge in [0.2, 0.25) is 17.7 Å². The quantitative estimate of drug-likeness (QED) is 0.248. The van der Waals surface area contributed by atoms with Gasteiger partial charge in [0.05, 0.1) is 35.8 Å². The monoisotopic (exact) mass is 691 g/mol. The van der Waals surface area contributed by atoms with Crippen LogP contribution in [0.3, 0.4) is 0 Å². The maximum Gasteiger partial charge on any atom is 0.248 e. The van der Waals surface area contributed by atoms with Gasteiger partial charge in [-0.05, 0) is 74.6 Å². The van der Waals surface area contributed by atoms with Gasteiger partial charge in [0.1, 0.15) is 11.8 Å². The number of thioether (sulfide) groups is 1. The highest BCUT2D eigenvalue weighted by molar-refractivity contribution is 9.09. The molecule has 3 aromatic rings. The molecule has 0 radical (unpaired) electrons. The number of fused-ring (bicyclic) bond motifs is 1. The van der Waals surface area contributed by atoms with Crippen molar-refractivity contribution in [2.75, 3.05) is 23.8 Å². The minimum Gasteiger partial charge on any atom is -0.494 e. The number of anilines is 2.